The van der Waals surface area contributed by atoms with Gasteiger partial charge in [-0.25, -0.2) is 0 Å². The lowest BCUT2D eigenvalue weighted by molar-refractivity contribution is 0.262. The van der Waals surface area contributed by atoms with Crippen molar-refractivity contribution >= 4 is 34.8 Å². The topological polar surface area (TPSA) is 12.0 Å². The number of nitrogens with one attached hydrogen (secondary N) is 1. The molecule has 1 atom stereocenters. The smallest absolute Gasteiger partial charge is 0.0652 e. The van der Waals surface area contributed by atoms with E-state index in [1.165, 1.54) is 32.1 Å². The molecule has 1 unspecified atom stereocenters. The van der Waals surface area contributed by atoms with Gasteiger partial charge < -0.3 is 5.32 Å². The SMILES string of the molecule is CCC(NCc1c(Cl)ccc(Cl)c1Cl)C1CCCCC1. The summed E-state index contributed by atoms with van der Waals surface area (Å²) >= 11 is 18.6. The van der Waals surface area contributed by atoms with Crippen molar-refractivity contribution in [2.24, 2.45) is 5.92 Å². The van der Waals surface area contributed by atoms with E-state index >= 15 is 0 Å². The molecule has 0 aromatic heterocycles. The highest BCUT2D eigenvalue weighted by atomic mass is 35.5. The Bertz CT molecular complexity index is 442. The second-order valence-electron chi connectivity index (χ2n) is 5.62. The molecular formula is C16H22Cl3N. The van der Waals surface area contributed by atoms with Crippen molar-refractivity contribution in [1.29, 1.82) is 0 Å². The zero-order valence-corrected chi connectivity index (χ0v) is 14.2. The van der Waals surface area contributed by atoms with Gasteiger partial charge in [-0.15, -0.1) is 0 Å². The summed E-state index contributed by atoms with van der Waals surface area (Å²) in [6, 6.07) is 4.10. The van der Waals surface area contributed by atoms with Crippen LogP contribution >= 0.6 is 34.8 Å². The van der Waals surface area contributed by atoms with Crippen LogP contribution in [0.2, 0.25) is 15.1 Å². The van der Waals surface area contributed by atoms with Crippen LogP contribution in [0.25, 0.3) is 0 Å². The molecule has 20 heavy (non-hydrogen) atoms. The minimum atomic E-state index is 0.543. The van der Waals surface area contributed by atoms with Crippen LogP contribution in [0.1, 0.15) is 51.0 Å². The van der Waals surface area contributed by atoms with E-state index in [4.69, 9.17) is 34.8 Å². The Balaban J connectivity index is 2.01. The predicted molar refractivity (Wildman–Crippen MR) is 89.0 cm³/mol. The van der Waals surface area contributed by atoms with Crippen LogP contribution in [0.5, 0.6) is 0 Å². The maximum absolute atomic E-state index is 6.25. The van der Waals surface area contributed by atoms with Gasteiger partial charge >= 0.3 is 0 Å². The summed E-state index contributed by atoms with van der Waals surface area (Å²) in [5.74, 6) is 0.783. The van der Waals surface area contributed by atoms with E-state index in [1.54, 1.807) is 6.07 Å². The molecule has 1 fully saturated rings. The summed E-state index contributed by atoms with van der Waals surface area (Å²) < 4.78 is 0. The molecule has 1 aliphatic carbocycles. The molecule has 0 heterocycles. The van der Waals surface area contributed by atoms with E-state index in [1.807, 2.05) is 6.07 Å². The molecule has 4 heteroatoms. The van der Waals surface area contributed by atoms with Gasteiger partial charge in [-0.05, 0) is 37.3 Å². The Morgan fingerprint density at radius 3 is 2.40 bits per heavy atom. The fourth-order valence-electron chi connectivity index (χ4n) is 3.15. The first kappa shape index (κ1) is 16.4. The van der Waals surface area contributed by atoms with Crippen LogP contribution in [-0.4, -0.2) is 6.04 Å². The molecule has 0 radical (unpaired) electrons. The molecule has 0 spiro atoms. The highest BCUT2D eigenvalue weighted by Crippen LogP contribution is 2.32. The van der Waals surface area contributed by atoms with Crippen molar-refractivity contribution in [2.45, 2.75) is 58.0 Å². The Kier molecular flexibility index (Phi) is 6.48. The third-order valence-electron chi connectivity index (χ3n) is 4.34. The molecule has 0 aliphatic heterocycles. The molecule has 0 bridgehead atoms. The fourth-order valence-corrected chi connectivity index (χ4v) is 3.83. The summed E-state index contributed by atoms with van der Waals surface area (Å²) in [7, 11) is 0. The third-order valence-corrected chi connectivity index (χ3v) is 5.54. The molecule has 1 saturated carbocycles. The van der Waals surface area contributed by atoms with Crippen molar-refractivity contribution < 1.29 is 0 Å². The highest BCUT2D eigenvalue weighted by molar-refractivity contribution is 6.44. The number of hydrogen-bond acceptors (Lipinski definition) is 1. The minimum absolute atomic E-state index is 0.543. The average Bonchev–Trinajstić information content (AvgIpc) is 2.48. The standard InChI is InChI=1S/C16H22Cl3N/c1-2-15(11-6-4-3-5-7-11)20-10-12-13(17)8-9-14(18)16(12)19/h8-9,11,15,20H,2-7,10H2,1H3. The van der Waals surface area contributed by atoms with Crippen molar-refractivity contribution in [1.82, 2.24) is 5.32 Å². The molecule has 1 nitrogen and oxygen atoms in total. The molecule has 1 aromatic carbocycles. The van der Waals surface area contributed by atoms with Crippen LogP contribution in [0.3, 0.4) is 0 Å². The number of halogens is 3. The van der Waals surface area contributed by atoms with E-state index in [9.17, 15) is 0 Å². The second kappa shape index (κ2) is 7.89. The van der Waals surface area contributed by atoms with Gasteiger partial charge in [-0.2, -0.15) is 0 Å². The van der Waals surface area contributed by atoms with Crippen molar-refractivity contribution in [3.8, 4) is 0 Å². The lowest BCUT2D eigenvalue weighted by Gasteiger charge is -2.30. The molecule has 1 aromatic rings. The lowest BCUT2D eigenvalue weighted by Crippen LogP contribution is -2.36. The van der Waals surface area contributed by atoms with Crippen LogP contribution < -0.4 is 5.32 Å². The van der Waals surface area contributed by atoms with Crippen molar-refractivity contribution in [3.05, 3.63) is 32.8 Å². The van der Waals surface area contributed by atoms with Crippen LogP contribution in [0, 0.1) is 5.92 Å². The van der Waals surface area contributed by atoms with E-state index in [0.29, 0.717) is 27.7 Å². The van der Waals surface area contributed by atoms with Crippen LogP contribution in [0.15, 0.2) is 12.1 Å². The van der Waals surface area contributed by atoms with E-state index in [-0.39, 0.29) is 0 Å². The molecular weight excluding hydrogens is 313 g/mol. The van der Waals surface area contributed by atoms with Gasteiger partial charge in [0.05, 0.1) is 10.0 Å². The van der Waals surface area contributed by atoms with Crippen molar-refractivity contribution in [2.75, 3.05) is 0 Å². The van der Waals surface area contributed by atoms with E-state index < -0.39 is 0 Å². The van der Waals surface area contributed by atoms with Gasteiger partial charge in [0.1, 0.15) is 0 Å². The fraction of sp³-hybridized carbons (Fsp3) is 0.625. The molecule has 0 amide bonds. The molecule has 0 saturated heterocycles. The van der Waals surface area contributed by atoms with Gasteiger partial charge in [-0.1, -0.05) is 61.0 Å². The summed E-state index contributed by atoms with van der Waals surface area (Å²) in [5, 5.41) is 5.46. The Morgan fingerprint density at radius 2 is 1.75 bits per heavy atom. The maximum Gasteiger partial charge on any atom is 0.0652 e. The monoisotopic (exact) mass is 333 g/mol. The van der Waals surface area contributed by atoms with Gasteiger partial charge in [0, 0.05) is 23.2 Å². The highest BCUT2D eigenvalue weighted by Gasteiger charge is 2.22. The lowest BCUT2D eigenvalue weighted by atomic mass is 9.83. The normalized spacial score (nSPS) is 18.2. The summed E-state index contributed by atoms with van der Waals surface area (Å²) in [6.07, 6.45) is 7.92. The Hall–Kier alpha value is 0.0500. The third kappa shape index (κ3) is 4.04. The average molecular weight is 335 g/mol. The first-order chi connectivity index (χ1) is 9.63. The van der Waals surface area contributed by atoms with Crippen molar-refractivity contribution in [3.63, 3.8) is 0 Å². The van der Waals surface area contributed by atoms with Gasteiger partial charge in [0.2, 0.25) is 0 Å². The molecule has 1 N–H and O–H groups in total. The predicted octanol–water partition coefficient (Wildman–Crippen LogP) is 6.10. The number of rotatable bonds is 5. The molecule has 2 rings (SSSR count). The molecule has 1 aliphatic rings. The molecule has 112 valence electrons. The zero-order chi connectivity index (χ0) is 14.5. The van der Waals surface area contributed by atoms with Gasteiger partial charge in [0.15, 0.2) is 0 Å². The van der Waals surface area contributed by atoms with Crippen LogP contribution in [-0.2, 0) is 6.54 Å². The maximum atomic E-state index is 6.25. The summed E-state index contributed by atoms with van der Waals surface area (Å²) in [6.45, 7) is 2.93. The van der Waals surface area contributed by atoms with E-state index in [0.717, 1.165) is 17.9 Å². The summed E-state index contributed by atoms with van der Waals surface area (Å²) in [4.78, 5) is 0. The van der Waals surface area contributed by atoms with Crippen LogP contribution in [0.4, 0.5) is 0 Å². The Labute approximate surface area is 137 Å². The number of benzene rings is 1. The minimum Gasteiger partial charge on any atom is -0.310 e. The second-order valence-corrected chi connectivity index (χ2v) is 6.81. The summed E-state index contributed by atoms with van der Waals surface area (Å²) in [5.41, 5.74) is 0.912. The Morgan fingerprint density at radius 1 is 1.10 bits per heavy atom. The van der Waals surface area contributed by atoms with E-state index in [2.05, 4.69) is 12.2 Å². The first-order valence-electron chi connectivity index (χ1n) is 7.49. The zero-order valence-electron chi connectivity index (χ0n) is 11.9. The number of hydrogen-bond donors (Lipinski definition) is 1. The van der Waals surface area contributed by atoms with Gasteiger partial charge in [-0.3, -0.25) is 0 Å². The first-order valence-corrected chi connectivity index (χ1v) is 8.62. The van der Waals surface area contributed by atoms with Gasteiger partial charge in [0.25, 0.3) is 0 Å². The quantitative estimate of drug-likeness (QED) is 0.642. The largest absolute Gasteiger partial charge is 0.310 e.